The Balaban J connectivity index is 1.90. The zero-order valence-electron chi connectivity index (χ0n) is 14.4. The Morgan fingerprint density at radius 2 is 1.61 bits per heavy atom. The van der Waals surface area contributed by atoms with Crippen molar-refractivity contribution in [3.8, 4) is 0 Å². The Bertz CT molecular complexity index is 859. The van der Waals surface area contributed by atoms with Crippen molar-refractivity contribution >= 4 is 46.2 Å². The lowest BCUT2D eigenvalue weighted by Crippen LogP contribution is -2.40. The van der Waals surface area contributed by atoms with Crippen LogP contribution < -0.4 is 0 Å². The third-order valence-electron chi connectivity index (χ3n) is 4.91. The monoisotopic (exact) mass is 390 g/mol. The van der Waals surface area contributed by atoms with E-state index >= 15 is 0 Å². The lowest BCUT2D eigenvalue weighted by atomic mass is 10.1. The molecule has 0 bridgehead atoms. The first kappa shape index (κ1) is 16.7. The van der Waals surface area contributed by atoms with E-state index in [1.807, 2.05) is 12.1 Å². The fourth-order valence-corrected chi connectivity index (χ4v) is 3.67. The second-order valence-corrected chi connectivity index (χ2v) is 13.3. The van der Waals surface area contributed by atoms with E-state index in [1.165, 1.54) is 5.56 Å². The van der Waals surface area contributed by atoms with E-state index in [2.05, 4.69) is 74.1 Å². The van der Waals surface area contributed by atoms with Crippen molar-refractivity contribution in [1.82, 2.24) is 0 Å². The molecule has 0 amide bonds. The minimum Gasteiger partial charge on any atom is -0.456 e. The van der Waals surface area contributed by atoms with Crippen LogP contribution in [0.15, 0.2) is 45.3 Å². The molecule has 0 fully saturated rings. The van der Waals surface area contributed by atoms with Crippen LogP contribution in [0, 0.1) is 0 Å². The van der Waals surface area contributed by atoms with E-state index in [4.69, 9.17) is 8.84 Å². The minimum atomic E-state index is -1.73. The van der Waals surface area contributed by atoms with Gasteiger partial charge in [0, 0.05) is 15.2 Å². The highest BCUT2D eigenvalue weighted by Crippen LogP contribution is 2.37. The van der Waals surface area contributed by atoms with Gasteiger partial charge in [0.15, 0.2) is 8.32 Å². The lowest BCUT2D eigenvalue weighted by Gasteiger charge is -2.36. The molecule has 0 radical (unpaired) electrons. The molecule has 0 aliphatic rings. The van der Waals surface area contributed by atoms with Crippen molar-refractivity contribution in [2.24, 2.45) is 0 Å². The van der Waals surface area contributed by atoms with Gasteiger partial charge in [0.25, 0.3) is 0 Å². The first-order chi connectivity index (χ1) is 10.7. The van der Waals surface area contributed by atoms with E-state index in [9.17, 15) is 0 Å². The number of halogens is 1. The summed E-state index contributed by atoms with van der Waals surface area (Å²) in [6.45, 7) is 12.0. The summed E-state index contributed by atoms with van der Waals surface area (Å²) in [6, 6.07) is 12.5. The lowest BCUT2D eigenvalue weighted by molar-refractivity contribution is 0.276. The molecule has 2 nitrogen and oxygen atoms in total. The first-order valence-electron chi connectivity index (χ1n) is 7.92. The van der Waals surface area contributed by atoms with Gasteiger partial charge in [0.05, 0.1) is 6.61 Å². The second-order valence-electron chi connectivity index (χ2n) is 7.62. The highest BCUT2D eigenvalue weighted by molar-refractivity contribution is 9.10. The summed E-state index contributed by atoms with van der Waals surface area (Å²) in [5, 5.41) is 2.53. The van der Waals surface area contributed by atoms with Crippen molar-refractivity contribution in [3.05, 3.63) is 46.4 Å². The molecular formula is C19H23BrO2Si. The van der Waals surface area contributed by atoms with Crippen LogP contribution in [0.1, 0.15) is 26.3 Å². The maximum Gasteiger partial charge on any atom is 0.192 e. The summed E-state index contributed by atoms with van der Waals surface area (Å²) in [4.78, 5) is 0. The van der Waals surface area contributed by atoms with E-state index in [0.717, 1.165) is 26.4 Å². The average molecular weight is 391 g/mol. The predicted octanol–water partition coefficient (Wildman–Crippen LogP) is 6.87. The van der Waals surface area contributed by atoms with Gasteiger partial charge < -0.3 is 8.84 Å². The van der Waals surface area contributed by atoms with Crippen LogP contribution in [0.3, 0.4) is 0 Å². The molecule has 1 heterocycles. The second kappa shape index (κ2) is 5.76. The molecule has 0 N–H and O–H groups in total. The largest absolute Gasteiger partial charge is 0.456 e. The quantitative estimate of drug-likeness (QED) is 0.455. The van der Waals surface area contributed by atoms with Gasteiger partial charge in [0.2, 0.25) is 0 Å². The van der Waals surface area contributed by atoms with Crippen molar-refractivity contribution in [1.29, 1.82) is 0 Å². The number of hydrogen-bond acceptors (Lipinski definition) is 2. The Morgan fingerprint density at radius 1 is 1.00 bits per heavy atom. The zero-order chi connectivity index (χ0) is 16.8. The van der Waals surface area contributed by atoms with E-state index in [1.54, 1.807) is 0 Å². The smallest absolute Gasteiger partial charge is 0.192 e. The van der Waals surface area contributed by atoms with Gasteiger partial charge in [-0.25, -0.2) is 0 Å². The molecule has 3 rings (SSSR count). The van der Waals surface area contributed by atoms with Crippen LogP contribution in [-0.4, -0.2) is 8.32 Å². The molecule has 2 aromatic carbocycles. The van der Waals surface area contributed by atoms with Crippen molar-refractivity contribution < 1.29 is 8.84 Å². The van der Waals surface area contributed by atoms with Crippen molar-refractivity contribution in [3.63, 3.8) is 0 Å². The number of fused-ring (bicyclic) bond motifs is 3. The van der Waals surface area contributed by atoms with Gasteiger partial charge in [-0.3, -0.25) is 0 Å². The first-order valence-corrected chi connectivity index (χ1v) is 11.6. The van der Waals surface area contributed by atoms with Crippen LogP contribution in [0.4, 0.5) is 0 Å². The van der Waals surface area contributed by atoms with Gasteiger partial charge >= 0.3 is 0 Å². The average Bonchev–Trinajstić information content (AvgIpc) is 2.80. The molecule has 0 saturated carbocycles. The summed E-state index contributed by atoms with van der Waals surface area (Å²) in [6.07, 6.45) is 0. The summed E-state index contributed by atoms with van der Waals surface area (Å²) >= 11 is 3.49. The number of hydrogen-bond donors (Lipinski definition) is 0. The Morgan fingerprint density at radius 3 is 2.26 bits per heavy atom. The molecular weight excluding hydrogens is 368 g/mol. The zero-order valence-corrected chi connectivity index (χ0v) is 17.0. The Kier molecular flexibility index (Phi) is 4.19. The van der Waals surface area contributed by atoms with Gasteiger partial charge in [-0.15, -0.1) is 0 Å². The van der Waals surface area contributed by atoms with Crippen LogP contribution in [0.2, 0.25) is 18.1 Å². The molecule has 0 atom stereocenters. The highest BCUT2D eigenvalue weighted by atomic mass is 79.9. The fourth-order valence-electron chi connectivity index (χ4n) is 2.37. The molecule has 0 aliphatic carbocycles. The molecule has 0 aliphatic heterocycles. The maximum atomic E-state index is 6.31. The van der Waals surface area contributed by atoms with E-state index < -0.39 is 8.32 Å². The molecule has 1 aromatic heterocycles. The molecule has 3 aromatic rings. The highest BCUT2D eigenvalue weighted by Gasteiger charge is 2.37. The fraction of sp³-hybridized carbons (Fsp3) is 0.368. The normalized spacial score (nSPS) is 13.1. The van der Waals surface area contributed by atoms with Crippen LogP contribution in [0.5, 0.6) is 0 Å². The summed E-state index contributed by atoms with van der Waals surface area (Å²) in [5.74, 6) is 0. The topological polar surface area (TPSA) is 22.4 Å². The number of rotatable bonds is 3. The van der Waals surface area contributed by atoms with Crippen LogP contribution in [0.25, 0.3) is 21.9 Å². The van der Waals surface area contributed by atoms with Crippen molar-refractivity contribution in [2.45, 2.75) is 45.5 Å². The van der Waals surface area contributed by atoms with Gasteiger partial charge in [0.1, 0.15) is 11.2 Å². The molecule has 0 saturated heterocycles. The van der Waals surface area contributed by atoms with Gasteiger partial charge in [-0.1, -0.05) is 48.8 Å². The van der Waals surface area contributed by atoms with Gasteiger partial charge in [-0.05, 0) is 48.0 Å². The Hall–Kier alpha value is -1.10. The van der Waals surface area contributed by atoms with Crippen molar-refractivity contribution in [2.75, 3.05) is 0 Å². The Labute approximate surface area is 147 Å². The number of benzene rings is 2. The number of furan rings is 1. The molecule has 4 heteroatoms. The minimum absolute atomic E-state index is 0.225. The van der Waals surface area contributed by atoms with Crippen LogP contribution >= 0.6 is 15.9 Å². The maximum absolute atomic E-state index is 6.31. The standard InChI is InChI=1S/C19H23BrO2Si/c1-19(2,3)23(4,5)21-12-13-6-8-15-16-9-7-14(20)11-18(16)22-17(15)10-13/h6-11H,12H2,1-5H3. The van der Waals surface area contributed by atoms with E-state index in [-0.39, 0.29) is 5.04 Å². The van der Waals surface area contributed by atoms with E-state index in [0.29, 0.717) is 6.61 Å². The molecule has 0 unspecified atom stereocenters. The summed E-state index contributed by atoms with van der Waals surface area (Å²) in [5.41, 5.74) is 3.01. The third kappa shape index (κ3) is 3.25. The predicted molar refractivity (Wildman–Crippen MR) is 103 cm³/mol. The SMILES string of the molecule is CC(C)(C)[Si](C)(C)OCc1ccc2c(c1)oc1cc(Br)ccc12. The molecule has 0 spiro atoms. The molecule has 122 valence electrons. The third-order valence-corrected chi connectivity index (χ3v) is 9.88. The summed E-state index contributed by atoms with van der Waals surface area (Å²) < 4.78 is 13.3. The summed E-state index contributed by atoms with van der Waals surface area (Å²) in [7, 11) is -1.73. The molecule has 23 heavy (non-hydrogen) atoms. The van der Waals surface area contributed by atoms with Gasteiger partial charge in [-0.2, -0.15) is 0 Å². The van der Waals surface area contributed by atoms with Crippen LogP contribution in [-0.2, 0) is 11.0 Å².